The molecule has 0 amide bonds. The summed E-state index contributed by atoms with van der Waals surface area (Å²) in [7, 11) is 1.35. The van der Waals surface area contributed by atoms with Crippen LogP contribution in [0, 0.1) is 0 Å². The third-order valence-electron chi connectivity index (χ3n) is 1.91. The molecule has 0 heterocycles. The predicted octanol–water partition coefficient (Wildman–Crippen LogP) is 1.84. The summed E-state index contributed by atoms with van der Waals surface area (Å²) in [5, 5.41) is 0. The van der Waals surface area contributed by atoms with Crippen molar-refractivity contribution < 1.29 is 9.53 Å². The summed E-state index contributed by atoms with van der Waals surface area (Å²) in [4.78, 5) is 11.0. The van der Waals surface area contributed by atoms with Gasteiger partial charge in [0, 0.05) is 11.5 Å². The van der Waals surface area contributed by atoms with Crippen LogP contribution in [0.3, 0.4) is 0 Å². The number of nitrogens with two attached hydrogens (primary N) is 1. The number of thioether (sulfide) groups is 1. The number of carbonyl (C=O) groups excluding carboxylic acids is 1. The summed E-state index contributed by atoms with van der Waals surface area (Å²) >= 11 is 1.63. The van der Waals surface area contributed by atoms with Gasteiger partial charge in [-0.15, -0.1) is 12.4 Å². The largest absolute Gasteiger partial charge is 0.468 e. The first-order valence-electron chi connectivity index (χ1n) is 4.69. The molecule has 1 aromatic rings. The van der Waals surface area contributed by atoms with E-state index in [4.69, 9.17) is 5.73 Å². The molecule has 0 aliphatic heterocycles. The van der Waals surface area contributed by atoms with Crippen LogP contribution in [0.2, 0.25) is 0 Å². The summed E-state index contributed by atoms with van der Waals surface area (Å²) in [6.45, 7) is 0. The number of rotatable bonds is 5. The summed E-state index contributed by atoms with van der Waals surface area (Å²) in [6, 6.07) is 9.55. The van der Waals surface area contributed by atoms with Crippen LogP contribution in [0.15, 0.2) is 30.3 Å². The molecule has 0 saturated heterocycles. The van der Waals surface area contributed by atoms with Crippen molar-refractivity contribution >= 4 is 30.1 Å². The van der Waals surface area contributed by atoms with Gasteiger partial charge in [-0.25, -0.2) is 0 Å². The lowest BCUT2D eigenvalue weighted by molar-refractivity contribution is -0.141. The number of hydrogen-bond acceptors (Lipinski definition) is 4. The molecule has 3 nitrogen and oxygen atoms in total. The van der Waals surface area contributed by atoms with Crippen LogP contribution >= 0.6 is 24.2 Å². The number of esters is 1. The fourth-order valence-corrected chi connectivity index (χ4v) is 2.03. The van der Waals surface area contributed by atoms with Gasteiger partial charge in [-0.3, -0.25) is 4.79 Å². The Labute approximate surface area is 106 Å². The minimum absolute atomic E-state index is 0. The van der Waals surface area contributed by atoms with E-state index in [1.54, 1.807) is 11.8 Å². The van der Waals surface area contributed by atoms with Gasteiger partial charge in [0.15, 0.2) is 0 Å². The zero-order valence-electron chi connectivity index (χ0n) is 9.09. The lowest BCUT2D eigenvalue weighted by Gasteiger charge is -2.08. The van der Waals surface area contributed by atoms with E-state index >= 15 is 0 Å². The molecule has 1 aromatic carbocycles. The first kappa shape index (κ1) is 15.3. The quantitative estimate of drug-likeness (QED) is 0.822. The van der Waals surface area contributed by atoms with Gasteiger partial charge in [0.2, 0.25) is 0 Å². The van der Waals surface area contributed by atoms with Crippen molar-refractivity contribution in [2.45, 2.75) is 11.8 Å². The Morgan fingerprint density at radius 1 is 1.44 bits per heavy atom. The number of halogens is 1. The maximum absolute atomic E-state index is 11.0. The van der Waals surface area contributed by atoms with E-state index in [1.807, 2.05) is 18.2 Å². The van der Waals surface area contributed by atoms with E-state index in [2.05, 4.69) is 16.9 Å². The summed E-state index contributed by atoms with van der Waals surface area (Å²) < 4.78 is 4.54. The third-order valence-corrected chi connectivity index (χ3v) is 3.05. The highest BCUT2D eigenvalue weighted by Gasteiger charge is 2.12. The van der Waals surface area contributed by atoms with E-state index in [1.165, 1.54) is 12.7 Å². The molecule has 0 unspecified atom stereocenters. The van der Waals surface area contributed by atoms with Crippen molar-refractivity contribution in [1.82, 2.24) is 0 Å². The zero-order valence-corrected chi connectivity index (χ0v) is 10.7. The van der Waals surface area contributed by atoms with Gasteiger partial charge >= 0.3 is 5.97 Å². The lowest BCUT2D eigenvalue weighted by atomic mass is 10.2. The van der Waals surface area contributed by atoms with E-state index in [9.17, 15) is 4.79 Å². The molecule has 1 rings (SSSR count). The van der Waals surface area contributed by atoms with Crippen LogP contribution in [0.1, 0.15) is 5.56 Å². The van der Waals surface area contributed by atoms with E-state index in [-0.39, 0.29) is 18.4 Å². The van der Waals surface area contributed by atoms with Gasteiger partial charge in [0.05, 0.1) is 7.11 Å². The second-order valence-corrected chi connectivity index (χ2v) is 4.16. The van der Waals surface area contributed by atoms with Crippen molar-refractivity contribution in [1.29, 1.82) is 0 Å². The molecule has 5 heteroatoms. The molecule has 16 heavy (non-hydrogen) atoms. The molecular weight excluding hydrogens is 246 g/mol. The average molecular weight is 262 g/mol. The molecule has 0 fully saturated rings. The molecule has 90 valence electrons. The smallest absolute Gasteiger partial charge is 0.323 e. The van der Waals surface area contributed by atoms with Crippen molar-refractivity contribution in [3.63, 3.8) is 0 Å². The van der Waals surface area contributed by atoms with Crippen LogP contribution in [0.25, 0.3) is 0 Å². The number of benzene rings is 1. The zero-order chi connectivity index (χ0) is 11.1. The molecule has 0 aliphatic rings. The normalized spacial score (nSPS) is 11.4. The molecule has 0 aromatic heterocycles. The standard InChI is InChI=1S/C11H15NO2S.ClH/c1-14-11(13)10(12)8-15-7-9-5-3-2-4-6-9;/h2-6,10H,7-8,12H2,1H3;1H/t10-;/m0./s1. The average Bonchev–Trinajstić information content (AvgIpc) is 2.29. The summed E-state index contributed by atoms with van der Waals surface area (Å²) in [5.41, 5.74) is 6.83. The van der Waals surface area contributed by atoms with Crippen molar-refractivity contribution in [3.8, 4) is 0 Å². The Balaban J connectivity index is 0.00000225. The summed E-state index contributed by atoms with van der Waals surface area (Å²) in [5.74, 6) is 1.10. The predicted molar refractivity (Wildman–Crippen MR) is 69.8 cm³/mol. The maximum atomic E-state index is 11.0. The molecule has 2 N–H and O–H groups in total. The SMILES string of the molecule is COC(=O)[C@@H](N)CSCc1ccccc1.Cl. The maximum Gasteiger partial charge on any atom is 0.323 e. The topological polar surface area (TPSA) is 52.3 Å². The van der Waals surface area contributed by atoms with Gasteiger partial charge in [-0.05, 0) is 5.56 Å². The lowest BCUT2D eigenvalue weighted by Crippen LogP contribution is -2.33. The molecule has 0 aliphatic carbocycles. The number of carbonyl (C=O) groups is 1. The molecule has 0 bridgehead atoms. The molecular formula is C11H16ClNO2S. The minimum Gasteiger partial charge on any atom is -0.468 e. The first-order chi connectivity index (χ1) is 7.24. The number of hydrogen-bond donors (Lipinski definition) is 1. The highest BCUT2D eigenvalue weighted by molar-refractivity contribution is 7.98. The van der Waals surface area contributed by atoms with E-state index < -0.39 is 6.04 Å². The molecule has 0 saturated carbocycles. The van der Waals surface area contributed by atoms with Crippen molar-refractivity contribution in [2.75, 3.05) is 12.9 Å². The monoisotopic (exact) mass is 261 g/mol. The van der Waals surface area contributed by atoms with Crippen LogP contribution < -0.4 is 5.73 Å². The molecule has 1 atom stereocenters. The van der Waals surface area contributed by atoms with Gasteiger partial charge in [0.25, 0.3) is 0 Å². The Hall–Kier alpha value is -0.710. The van der Waals surface area contributed by atoms with Crippen LogP contribution in [0.5, 0.6) is 0 Å². The van der Waals surface area contributed by atoms with E-state index in [0.29, 0.717) is 5.75 Å². The Morgan fingerprint density at radius 3 is 2.62 bits per heavy atom. The second kappa shape index (κ2) is 8.44. The highest BCUT2D eigenvalue weighted by Crippen LogP contribution is 2.12. The second-order valence-electron chi connectivity index (χ2n) is 3.13. The van der Waals surface area contributed by atoms with Crippen molar-refractivity contribution in [3.05, 3.63) is 35.9 Å². The van der Waals surface area contributed by atoms with Gasteiger partial charge < -0.3 is 10.5 Å². The first-order valence-corrected chi connectivity index (χ1v) is 5.84. The van der Waals surface area contributed by atoms with Crippen LogP contribution in [-0.4, -0.2) is 24.9 Å². The van der Waals surface area contributed by atoms with Crippen LogP contribution in [-0.2, 0) is 15.3 Å². The fraction of sp³-hybridized carbons (Fsp3) is 0.364. The van der Waals surface area contributed by atoms with E-state index in [0.717, 1.165) is 5.75 Å². The van der Waals surface area contributed by atoms with Gasteiger partial charge in [0.1, 0.15) is 6.04 Å². The minimum atomic E-state index is -0.524. The Bertz CT molecular complexity index is 308. The fourth-order valence-electron chi connectivity index (χ4n) is 1.10. The van der Waals surface area contributed by atoms with Crippen molar-refractivity contribution in [2.24, 2.45) is 5.73 Å². The summed E-state index contributed by atoms with van der Waals surface area (Å²) in [6.07, 6.45) is 0. The molecule has 0 spiro atoms. The van der Waals surface area contributed by atoms with Gasteiger partial charge in [-0.1, -0.05) is 30.3 Å². The van der Waals surface area contributed by atoms with Crippen LogP contribution in [0.4, 0.5) is 0 Å². The Kier molecular flexibility index (Phi) is 8.07. The third kappa shape index (κ3) is 5.39. The Morgan fingerprint density at radius 2 is 2.06 bits per heavy atom. The molecule has 0 radical (unpaired) electrons. The van der Waals surface area contributed by atoms with Gasteiger partial charge in [-0.2, -0.15) is 11.8 Å². The number of ether oxygens (including phenoxy) is 1. The highest BCUT2D eigenvalue weighted by atomic mass is 35.5. The number of methoxy groups -OCH3 is 1.